The average molecular weight is 203 g/mol. The third kappa shape index (κ3) is 1.62. The number of nitrogens with two attached hydrogens (primary N) is 1. The molecule has 0 radical (unpaired) electrons. The second-order valence-electron chi connectivity index (χ2n) is 3.49. The van der Waals surface area contributed by atoms with Crippen LogP contribution in [0.2, 0.25) is 0 Å². The summed E-state index contributed by atoms with van der Waals surface area (Å²) in [5, 5.41) is 21.0. The molecule has 0 aliphatic rings. The van der Waals surface area contributed by atoms with E-state index in [1.807, 2.05) is 12.1 Å². The van der Waals surface area contributed by atoms with Gasteiger partial charge in [0.15, 0.2) is 0 Å². The second-order valence-corrected chi connectivity index (χ2v) is 3.49. The smallest absolute Gasteiger partial charge is 0.126 e. The number of benzene rings is 2. The standard InChI is InChI=1S/C12H13NO2/c13-6-5-8-7-11(14)9-3-1-2-4-10(9)12(8)15/h1-4,7,14-15H,5-6,13H2. The van der Waals surface area contributed by atoms with Gasteiger partial charge in [-0.2, -0.15) is 0 Å². The highest BCUT2D eigenvalue weighted by molar-refractivity contribution is 5.93. The van der Waals surface area contributed by atoms with E-state index in [4.69, 9.17) is 5.73 Å². The third-order valence-electron chi connectivity index (χ3n) is 2.49. The first-order valence-electron chi connectivity index (χ1n) is 4.86. The van der Waals surface area contributed by atoms with Crippen LogP contribution in [-0.2, 0) is 6.42 Å². The molecule has 2 rings (SSSR count). The molecule has 3 heteroatoms. The van der Waals surface area contributed by atoms with Gasteiger partial charge in [0.2, 0.25) is 0 Å². The van der Waals surface area contributed by atoms with Gasteiger partial charge < -0.3 is 15.9 Å². The van der Waals surface area contributed by atoms with Crippen molar-refractivity contribution in [3.05, 3.63) is 35.9 Å². The maximum absolute atomic E-state index is 9.94. The van der Waals surface area contributed by atoms with Crippen LogP contribution in [0.5, 0.6) is 11.5 Å². The highest BCUT2D eigenvalue weighted by atomic mass is 16.3. The van der Waals surface area contributed by atoms with Crippen molar-refractivity contribution in [1.82, 2.24) is 0 Å². The summed E-state index contributed by atoms with van der Waals surface area (Å²) < 4.78 is 0. The molecule has 0 spiro atoms. The molecule has 2 aromatic rings. The molecule has 78 valence electrons. The van der Waals surface area contributed by atoms with Crippen molar-refractivity contribution in [3.8, 4) is 11.5 Å². The zero-order valence-electron chi connectivity index (χ0n) is 8.27. The van der Waals surface area contributed by atoms with Crippen molar-refractivity contribution in [1.29, 1.82) is 0 Å². The fourth-order valence-corrected chi connectivity index (χ4v) is 1.74. The van der Waals surface area contributed by atoms with Gasteiger partial charge in [-0.3, -0.25) is 0 Å². The van der Waals surface area contributed by atoms with Crippen molar-refractivity contribution in [2.24, 2.45) is 5.73 Å². The van der Waals surface area contributed by atoms with Gasteiger partial charge in [-0.1, -0.05) is 24.3 Å². The average Bonchev–Trinajstić information content (AvgIpc) is 2.26. The van der Waals surface area contributed by atoms with Crippen LogP contribution in [0.3, 0.4) is 0 Å². The fraction of sp³-hybridized carbons (Fsp3) is 0.167. The minimum atomic E-state index is 0.187. The van der Waals surface area contributed by atoms with Crippen molar-refractivity contribution >= 4 is 10.8 Å². The summed E-state index contributed by atoms with van der Waals surface area (Å²) in [5.74, 6) is 0.403. The predicted octanol–water partition coefficient (Wildman–Crippen LogP) is 1.75. The van der Waals surface area contributed by atoms with Gasteiger partial charge in [0.05, 0.1) is 0 Å². The maximum Gasteiger partial charge on any atom is 0.126 e. The summed E-state index contributed by atoms with van der Waals surface area (Å²) >= 11 is 0. The van der Waals surface area contributed by atoms with Crippen molar-refractivity contribution < 1.29 is 10.2 Å². The molecule has 4 N–H and O–H groups in total. The fourth-order valence-electron chi connectivity index (χ4n) is 1.74. The van der Waals surface area contributed by atoms with Crippen LogP contribution in [0.4, 0.5) is 0 Å². The van der Waals surface area contributed by atoms with Crippen LogP contribution in [0.15, 0.2) is 30.3 Å². The van der Waals surface area contributed by atoms with E-state index in [1.54, 1.807) is 18.2 Å². The Morgan fingerprint density at radius 3 is 2.40 bits per heavy atom. The van der Waals surface area contributed by atoms with Gasteiger partial charge in [0, 0.05) is 10.8 Å². The Kier molecular flexibility index (Phi) is 2.47. The first-order valence-corrected chi connectivity index (χ1v) is 4.86. The quantitative estimate of drug-likeness (QED) is 0.651. The van der Waals surface area contributed by atoms with Gasteiger partial charge in [0.1, 0.15) is 11.5 Å². The largest absolute Gasteiger partial charge is 0.507 e. The summed E-state index contributed by atoms with van der Waals surface area (Å²) in [7, 11) is 0. The molecule has 0 saturated heterocycles. The van der Waals surface area contributed by atoms with Crippen molar-refractivity contribution in [2.75, 3.05) is 6.54 Å². The summed E-state index contributed by atoms with van der Waals surface area (Å²) in [5.41, 5.74) is 6.12. The van der Waals surface area contributed by atoms with Gasteiger partial charge >= 0.3 is 0 Å². The molecular formula is C12H13NO2. The van der Waals surface area contributed by atoms with Crippen LogP contribution in [0.25, 0.3) is 10.8 Å². The van der Waals surface area contributed by atoms with E-state index < -0.39 is 0 Å². The number of rotatable bonds is 2. The molecule has 0 unspecified atom stereocenters. The molecule has 0 aromatic heterocycles. The van der Waals surface area contributed by atoms with E-state index in [9.17, 15) is 10.2 Å². The number of hydrogen-bond acceptors (Lipinski definition) is 3. The molecule has 0 aliphatic carbocycles. The van der Waals surface area contributed by atoms with E-state index in [0.717, 1.165) is 0 Å². The molecule has 0 atom stereocenters. The van der Waals surface area contributed by atoms with Crippen LogP contribution < -0.4 is 5.73 Å². The van der Waals surface area contributed by atoms with Crippen LogP contribution in [0, 0.1) is 0 Å². The van der Waals surface area contributed by atoms with Crippen LogP contribution in [-0.4, -0.2) is 16.8 Å². The first kappa shape index (κ1) is 9.80. The summed E-state index contributed by atoms with van der Waals surface area (Å²) in [6, 6.07) is 8.78. The minimum Gasteiger partial charge on any atom is -0.507 e. The topological polar surface area (TPSA) is 66.5 Å². The summed E-state index contributed by atoms with van der Waals surface area (Å²) in [6.07, 6.45) is 0.560. The minimum absolute atomic E-state index is 0.187. The number of aromatic hydroxyl groups is 2. The van der Waals surface area contributed by atoms with Crippen LogP contribution in [0.1, 0.15) is 5.56 Å². The van der Waals surface area contributed by atoms with Gasteiger partial charge in [-0.25, -0.2) is 0 Å². The zero-order valence-corrected chi connectivity index (χ0v) is 8.27. The monoisotopic (exact) mass is 203 g/mol. The molecule has 0 amide bonds. The Balaban J connectivity index is 2.72. The van der Waals surface area contributed by atoms with Gasteiger partial charge in [0.25, 0.3) is 0 Å². The van der Waals surface area contributed by atoms with E-state index in [1.165, 1.54) is 0 Å². The predicted molar refractivity (Wildman–Crippen MR) is 60.0 cm³/mol. The Morgan fingerprint density at radius 2 is 1.73 bits per heavy atom. The maximum atomic E-state index is 9.94. The van der Waals surface area contributed by atoms with Crippen molar-refractivity contribution in [2.45, 2.75) is 6.42 Å². The highest BCUT2D eigenvalue weighted by Gasteiger charge is 2.09. The third-order valence-corrected chi connectivity index (χ3v) is 2.49. The molecule has 2 aromatic carbocycles. The number of phenolic OH excluding ortho intramolecular Hbond substituents is 2. The van der Waals surface area contributed by atoms with E-state index in [0.29, 0.717) is 29.3 Å². The molecule has 0 aliphatic heterocycles. The number of fused-ring (bicyclic) bond motifs is 1. The summed E-state index contributed by atoms with van der Waals surface area (Å²) in [4.78, 5) is 0. The molecular weight excluding hydrogens is 190 g/mol. The van der Waals surface area contributed by atoms with E-state index in [-0.39, 0.29) is 11.5 Å². The zero-order chi connectivity index (χ0) is 10.8. The number of phenols is 2. The Hall–Kier alpha value is -1.74. The lowest BCUT2D eigenvalue weighted by Crippen LogP contribution is -2.02. The molecule has 15 heavy (non-hydrogen) atoms. The molecule has 3 nitrogen and oxygen atoms in total. The Morgan fingerprint density at radius 1 is 1.07 bits per heavy atom. The molecule has 0 heterocycles. The lowest BCUT2D eigenvalue weighted by molar-refractivity contribution is 0.463. The molecule has 0 bridgehead atoms. The molecule has 0 saturated carbocycles. The van der Waals surface area contributed by atoms with E-state index >= 15 is 0 Å². The van der Waals surface area contributed by atoms with E-state index in [2.05, 4.69) is 0 Å². The normalized spacial score (nSPS) is 10.7. The van der Waals surface area contributed by atoms with Crippen LogP contribution >= 0.6 is 0 Å². The Bertz CT molecular complexity index is 494. The second kappa shape index (κ2) is 3.79. The van der Waals surface area contributed by atoms with Gasteiger partial charge in [-0.05, 0) is 24.6 Å². The highest BCUT2D eigenvalue weighted by Crippen LogP contribution is 2.35. The Labute approximate surface area is 87.8 Å². The van der Waals surface area contributed by atoms with Crippen molar-refractivity contribution in [3.63, 3.8) is 0 Å². The first-order chi connectivity index (χ1) is 7.24. The lowest BCUT2D eigenvalue weighted by atomic mass is 10.0. The molecule has 0 fully saturated rings. The van der Waals surface area contributed by atoms with Gasteiger partial charge in [-0.15, -0.1) is 0 Å². The lowest BCUT2D eigenvalue weighted by Gasteiger charge is -2.08. The summed E-state index contributed by atoms with van der Waals surface area (Å²) in [6.45, 7) is 0.450. The number of hydrogen-bond donors (Lipinski definition) is 3. The SMILES string of the molecule is NCCc1cc(O)c2ccccc2c1O.